The second kappa shape index (κ2) is 8.10. The Kier molecular flexibility index (Phi) is 5.59. The minimum Gasteiger partial charge on any atom is -0.465 e. The molecule has 2 aromatic rings. The van der Waals surface area contributed by atoms with Crippen LogP contribution >= 0.6 is 0 Å². The molecule has 7 heteroatoms. The van der Waals surface area contributed by atoms with Crippen LogP contribution in [0.1, 0.15) is 31.0 Å². The van der Waals surface area contributed by atoms with Crippen LogP contribution in [0.2, 0.25) is 0 Å². The van der Waals surface area contributed by atoms with Gasteiger partial charge in [-0.05, 0) is 43.2 Å². The van der Waals surface area contributed by atoms with E-state index in [2.05, 4.69) is 0 Å². The third-order valence-electron chi connectivity index (χ3n) is 4.92. The Bertz CT molecular complexity index is 1020. The van der Waals surface area contributed by atoms with Crippen molar-refractivity contribution in [3.8, 4) is 0 Å². The van der Waals surface area contributed by atoms with Gasteiger partial charge in [0.05, 0.1) is 29.2 Å². The monoisotopic (exact) mass is 392 g/mol. The van der Waals surface area contributed by atoms with E-state index in [4.69, 9.17) is 4.74 Å². The predicted molar refractivity (Wildman–Crippen MR) is 107 cm³/mol. The molecule has 0 aliphatic carbocycles. The maximum absolute atomic E-state index is 13.2. The van der Waals surface area contributed by atoms with Crippen LogP contribution in [0.25, 0.3) is 6.08 Å². The first kappa shape index (κ1) is 20.0. The van der Waals surface area contributed by atoms with Gasteiger partial charge in [0.15, 0.2) is 0 Å². The molecule has 1 amide bonds. The number of nitro groups is 1. The lowest BCUT2D eigenvalue weighted by atomic mass is 10.0. The number of ether oxygens (including phenoxy) is 1. The SMILES string of the molecule is COC(=O)C1=C(C)N([C@@H](C)c2ccccc2)C(=O)/C1=C\c1ccc([N+](=O)[O-])cc1. The maximum Gasteiger partial charge on any atom is 0.340 e. The number of nitrogens with zero attached hydrogens (tertiary/aromatic N) is 2. The van der Waals surface area contributed by atoms with Gasteiger partial charge in [-0.1, -0.05) is 30.3 Å². The molecule has 0 spiro atoms. The van der Waals surface area contributed by atoms with Gasteiger partial charge in [0.2, 0.25) is 0 Å². The molecule has 0 bridgehead atoms. The first-order chi connectivity index (χ1) is 13.8. The normalized spacial score (nSPS) is 16.3. The van der Waals surface area contributed by atoms with Crippen LogP contribution in [0.4, 0.5) is 5.69 Å². The van der Waals surface area contributed by atoms with E-state index in [0.29, 0.717) is 11.3 Å². The minimum atomic E-state index is -0.605. The third-order valence-corrected chi connectivity index (χ3v) is 4.92. The maximum atomic E-state index is 13.2. The Labute approximate surface area is 168 Å². The van der Waals surface area contributed by atoms with Gasteiger partial charge in [0.25, 0.3) is 11.6 Å². The van der Waals surface area contributed by atoms with Crippen molar-refractivity contribution in [1.29, 1.82) is 0 Å². The van der Waals surface area contributed by atoms with Crippen molar-refractivity contribution in [3.05, 3.63) is 92.7 Å². The van der Waals surface area contributed by atoms with Gasteiger partial charge in [0, 0.05) is 17.8 Å². The van der Waals surface area contributed by atoms with Crippen molar-refractivity contribution in [1.82, 2.24) is 4.90 Å². The summed E-state index contributed by atoms with van der Waals surface area (Å²) in [5, 5.41) is 10.8. The zero-order valence-corrected chi connectivity index (χ0v) is 16.3. The minimum absolute atomic E-state index is 0.0517. The van der Waals surface area contributed by atoms with Crippen LogP contribution in [-0.2, 0) is 14.3 Å². The fourth-order valence-electron chi connectivity index (χ4n) is 3.40. The summed E-state index contributed by atoms with van der Waals surface area (Å²) < 4.78 is 4.90. The number of methoxy groups -OCH3 is 1. The van der Waals surface area contributed by atoms with E-state index in [1.807, 2.05) is 37.3 Å². The van der Waals surface area contributed by atoms with E-state index in [1.165, 1.54) is 31.4 Å². The van der Waals surface area contributed by atoms with Crippen molar-refractivity contribution in [2.75, 3.05) is 7.11 Å². The summed E-state index contributed by atoms with van der Waals surface area (Å²) >= 11 is 0. The molecule has 3 rings (SSSR count). The summed E-state index contributed by atoms with van der Waals surface area (Å²) in [5.41, 5.74) is 2.35. The molecule has 0 unspecified atom stereocenters. The highest BCUT2D eigenvalue weighted by Crippen LogP contribution is 2.37. The zero-order chi connectivity index (χ0) is 21.1. The Morgan fingerprint density at radius 3 is 2.31 bits per heavy atom. The van der Waals surface area contributed by atoms with E-state index in [0.717, 1.165) is 5.56 Å². The average Bonchev–Trinajstić information content (AvgIpc) is 2.97. The number of rotatable bonds is 5. The number of hydrogen-bond acceptors (Lipinski definition) is 5. The van der Waals surface area contributed by atoms with Crippen LogP contribution in [0.5, 0.6) is 0 Å². The molecule has 0 fully saturated rings. The summed E-state index contributed by atoms with van der Waals surface area (Å²) in [4.78, 5) is 37.6. The van der Waals surface area contributed by atoms with Crippen molar-refractivity contribution < 1.29 is 19.2 Å². The largest absolute Gasteiger partial charge is 0.465 e. The van der Waals surface area contributed by atoms with E-state index < -0.39 is 10.9 Å². The van der Waals surface area contributed by atoms with E-state index in [1.54, 1.807) is 17.9 Å². The fourth-order valence-corrected chi connectivity index (χ4v) is 3.40. The van der Waals surface area contributed by atoms with Crippen LogP contribution < -0.4 is 0 Å². The number of nitro benzene ring substituents is 1. The lowest BCUT2D eigenvalue weighted by molar-refractivity contribution is -0.384. The Hall–Kier alpha value is -3.74. The molecule has 1 aliphatic rings. The second-order valence-electron chi connectivity index (χ2n) is 6.62. The highest BCUT2D eigenvalue weighted by Gasteiger charge is 2.39. The van der Waals surface area contributed by atoms with Crippen LogP contribution in [-0.4, -0.2) is 28.8 Å². The molecule has 1 atom stereocenters. The van der Waals surface area contributed by atoms with Crippen molar-refractivity contribution >= 4 is 23.6 Å². The van der Waals surface area contributed by atoms with E-state index in [-0.39, 0.29) is 28.8 Å². The standard InChI is InChI=1S/C22H20N2O5/c1-14(17-7-5-4-6-8-17)23-15(2)20(22(26)29-3)19(21(23)25)13-16-9-11-18(12-10-16)24(27)28/h4-14H,1-3H3/b19-13-/t14-/m0/s1. The second-order valence-corrected chi connectivity index (χ2v) is 6.62. The van der Waals surface area contributed by atoms with E-state index in [9.17, 15) is 19.7 Å². The molecule has 0 saturated carbocycles. The Morgan fingerprint density at radius 2 is 1.76 bits per heavy atom. The topological polar surface area (TPSA) is 89.8 Å². The third kappa shape index (κ3) is 3.80. The summed E-state index contributed by atoms with van der Waals surface area (Å²) in [5.74, 6) is -0.927. The van der Waals surface area contributed by atoms with Crippen molar-refractivity contribution in [2.45, 2.75) is 19.9 Å². The number of benzene rings is 2. The lowest BCUT2D eigenvalue weighted by Crippen LogP contribution is -2.28. The average molecular weight is 392 g/mol. The van der Waals surface area contributed by atoms with Gasteiger partial charge < -0.3 is 9.64 Å². The molecule has 0 aromatic heterocycles. The Morgan fingerprint density at radius 1 is 1.14 bits per heavy atom. The van der Waals surface area contributed by atoms with Gasteiger partial charge >= 0.3 is 5.97 Å². The molecule has 0 saturated heterocycles. The van der Waals surface area contributed by atoms with Crippen LogP contribution in [0.3, 0.4) is 0 Å². The molecule has 148 valence electrons. The van der Waals surface area contributed by atoms with Gasteiger partial charge in [-0.2, -0.15) is 0 Å². The summed E-state index contributed by atoms with van der Waals surface area (Å²) in [6, 6.07) is 15.0. The predicted octanol–water partition coefficient (Wildman–Crippen LogP) is 4.03. The van der Waals surface area contributed by atoms with Gasteiger partial charge in [0.1, 0.15) is 0 Å². The quantitative estimate of drug-likeness (QED) is 0.332. The fraction of sp³-hybridized carbons (Fsp3) is 0.182. The highest BCUT2D eigenvalue weighted by atomic mass is 16.6. The molecule has 29 heavy (non-hydrogen) atoms. The number of hydrogen-bond donors (Lipinski definition) is 0. The zero-order valence-electron chi connectivity index (χ0n) is 16.3. The van der Waals surface area contributed by atoms with Crippen molar-refractivity contribution in [3.63, 3.8) is 0 Å². The number of esters is 1. The molecule has 2 aromatic carbocycles. The van der Waals surface area contributed by atoms with Gasteiger partial charge in [-0.3, -0.25) is 14.9 Å². The first-order valence-electron chi connectivity index (χ1n) is 8.99. The summed E-state index contributed by atoms with van der Waals surface area (Å²) in [7, 11) is 1.26. The van der Waals surface area contributed by atoms with Crippen molar-refractivity contribution in [2.24, 2.45) is 0 Å². The highest BCUT2D eigenvalue weighted by molar-refractivity contribution is 6.16. The molecule has 0 radical (unpaired) electrons. The number of carbonyl (C=O) groups is 2. The molecular weight excluding hydrogens is 372 g/mol. The van der Waals surface area contributed by atoms with Crippen LogP contribution in [0, 0.1) is 10.1 Å². The van der Waals surface area contributed by atoms with E-state index >= 15 is 0 Å². The number of allylic oxidation sites excluding steroid dienone is 1. The molecule has 1 heterocycles. The molecule has 0 N–H and O–H groups in total. The van der Waals surface area contributed by atoms with Crippen LogP contribution in [0.15, 0.2) is 71.4 Å². The number of amides is 1. The molecule has 1 aliphatic heterocycles. The Balaban J connectivity index is 2.05. The number of non-ortho nitro benzene ring substituents is 1. The van der Waals surface area contributed by atoms with Gasteiger partial charge in [-0.15, -0.1) is 0 Å². The lowest BCUT2D eigenvalue weighted by Gasteiger charge is -2.26. The molecule has 7 nitrogen and oxygen atoms in total. The summed E-state index contributed by atoms with van der Waals surface area (Å²) in [6.07, 6.45) is 1.56. The molecular formula is C22H20N2O5. The first-order valence-corrected chi connectivity index (χ1v) is 8.99. The number of carbonyl (C=O) groups excluding carboxylic acids is 2. The smallest absolute Gasteiger partial charge is 0.340 e. The summed E-state index contributed by atoms with van der Waals surface area (Å²) in [6.45, 7) is 3.60. The van der Waals surface area contributed by atoms with Gasteiger partial charge in [-0.25, -0.2) is 4.79 Å².